The zero-order chi connectivity index (χ0) is 36.7. The van der Waals surface area contributed by atoms with E-state index in [-0.39, 0.29) is 5.41 Å². The highest BCUT2D eigenvalue weighted by Crippen LogP contribution is 2.54. The van der Waals surface area contributed by atoms with Gasteiger partial charge in [-0.15, -0.1) is 0 Å². The average molecular weight is 704 g/mol. The molecule has 0 bridgehead atoms. The Hall–Kier alpha value is -6.90. The first-order valence-corrected chi connectivity index (χ1v) is 19.1. The molecular weight excluding hydrogens is 667 g/mol. The zero-order valence-corrected chi connectivity index (χ0v) is 30.8. The van der Waals surface area contributed by atoms with E-state index in [1.807, 2.05) is 0 Å². The summed E-state index contributed by atoms with van der Waals surface area (Å²) in [6.45, 7) is 4.69. The number of anilines is 3. The first-order valence-electron chi connectivity index (χ1n) is 19.1. The quantitative estimate of drug-likeness (QED) is 0.181. The van der Waals surface area contributed by atoms with Crippen molar-refractivity contribution in [2.45, 2.75) is 19.3 Å². The summed E-state index contributed by atoms with van der Waals surface area (Å²) in [6, 6.07) is 68.4. The molecule has 2 nitrogen and oxygen atoms in total. The molecule has 0 N–H and O–H groups in total. The van der Waals surface area contributed by atoms with E-state index >= 15 is 0 Å². The third-order valence-electron chi connectivity index (χ3n) is 11.8. The van der Waals surface area contributed by atoms with Crippen molar-refractivity contribution in [3.63, 3.8) is 0 Å². The molecule has 0 unspecified atom stereocenters. The molecule has 2 heteroatoms. The van der Waals surface area contributed by atoms with Crippen LogP contribution in [0.4, 0.5) is 17.1 Å². The monoisotopic (exact) mass is 703 g/mol. The van der Waals surface area contributed by atoms with Gasteiger partial charge in [0.05, 0.1) is 0 Å². The molecule has 1 aliphatic heterocycles. The highest BCUT2D eigenvalue weighted by molar-refractivity contribution is 6.02. The maximum absolute atomic E-state index is 7.29. The van der Waals surface area contributed by atoms with Crippen LogP contribution in [0.2, 0.25) is 0 Å². The van der Waals surface area contributed by atoms with Crippen molar-refractivity contribution < 1.29 is 4.74 Å². The van der Waals surface area contributed by atoms with Crippen molar-refractivity contribution in [1.82, 2.24) is 0 Å². The fourth-order valence-corrected chi connectivity index (χ4v) is 9.05. The van der Waals surface area contributed by atoms with Crippen LogP contribution in [0.5, 0.6) is 11.5 Å². The Bertz CT molecular complexity index is 2990. The number of benzene rings is 9. The number of rotatable bonds is 4. The fraction of sp³-hybridized carbons (Fsp3) is 0.0566. The lowest BCUT2D eigenvalue weighted by Gasteiger charge is -2.28. The Balaban J connectivity index is 1.13. The Morgan fingerprint density at radius 1 is 0.364 bits per heavy atom. The molecule has 0 amide bonds. The minimum absolute atomic E-state index is 0.115. The van der Waals surface area contributed by atoms with Crippen LogP contribution in [0.3, 0.4) is 0 Å². The molecule has 0 saturated carbocycles. The molecule has 1 aliphatic carbocycles. The number of fused-ring (bicyclic) bond motifs is 10. The van der Waals surface area contributed by atoms with Crippen molar-refractivity contribution in [1.29, 1.82) is 0 Å². The lowest BCUT2D eigenvalue weighted by Crippen LogP contribution is -2.16. The molecule has 0 spiro atoms. The first kappa shape index (κ1) is 31.6. The van der Waals surface area contributed by atoms with Crippen LogP contribution >= 0.6 is 0 Å². The number of ether oxygens (including phenoxy) is 1. The Labute approximate surface area is 321 Å². The van der Waals surface area contributed by atoms with Crippen LogP contribution < -0.4 is 9.64 Å². The predicted octanol–water partition coefficient (Wildman–Crippen LogP) is 14.9. The number of para-hydroxylation sites is 2. The molecule has 0 saturated heterocycles. The van der Waals surface area contributed by atoms with E-state index in [2.05, 4.69) is 207 Å². The van der Waals surface area contributed by atoms with Crippen LogP contribution in [0.1, 0.15) is 25.0 Å². The highest BCUT2D eigenvalue weighted by Gasteiger charge is 2.36. The van der Waals surface area contributed by atoms with E-state index in [1.54, 1.807) is 0 Å². The SMILES string of the molecule is CC1(C)c2ccccc2-c2ccc(N(c3ccccc3)c3ccc4c(c3)Oc3c(-c5ccc6ccccc6c5)cccc3-c3cc5ccccc5cc3-4)cc21. The van der Waals surface area contributed by atoms with Gasteiger partial charge in [0.2, 0.25) is 0 Å². The summed E-state index contributed by atoms with van der Waals surface area (Å²) in [5.41, 5.74) is 15.2. The molecule has 9 aromatic rings. The van der Waals surface area contributed by atoms with Crippen molar-refractivity contribution in [2.75, 3.05) is 4.90 Å². The lowest BCUT2D eigenvalue weighted by molar-refractivity contribution is 0.489. The third-order valence-corrected chi connectivity index (χ3v) is 11.8. The van der Waals surface area contributed by atoms with Gasteiger partial charge in [-0.2, -0.15) is 0 Å². The van der Waals surface area contributed by atoms with Crippen LogP contribution in [0.25, 0.3) is 66.1 Å². The molecule has 260 valence electrons. The van der Waals surface area contributed by atoms with E-state index in [0.29, 0.717) is 0 Å². The van der Waals surface area contributed by atoms with Crippen LogP contribution in [0.15, 0.2) is 188 Å². The van der Waals surface area contributed by atoms with Gasteiger partial charge in [0.1, 0.15) is 11.5 Å². The largest absolute Gasteiger partial charge is 0.455 e. The topological polar surface area (TPSA) is 12.5 Å². The van der Waals surface area contributed by atoms with E-state index in [9.17, 15) is 0 Å². The van der Waals surface area contributed by atoms with Crippen molar-refractivity contribution in [2.24, 2.45) is 0 Å². The molecule has 55 heavy (non-hydrogen) atoms. The van der Waals surface area contributed by atoms with E-state index < -0.39 is 0 Å². The van der Waals surface area contributed by atoms with Crippen molar-refractivity contribution in [3.05, 3.63) is 199 Å². The minimum atomic E-state index is -0.115. The standard InChI is InChI=1S/C53H37NO/c1-53(2)49-22-11-10-19-43(49)44-27-25-40(32-50(44)53)54(39-17-4-3-5-18-39)41-26-28-45-47-30-36-15-8-9-16-37(36)31-48(47)46-21-12-20-42(52(46)55-51(45)33-41)38-24-23-34-13-6-7-14-35(34)29-38/h3-33H,1-2H3. The molecule has 0 atom stereocenters. The van der Waals surface area contributed by atoms with Crippen LogP contribution in [-0.2, 0) is 5.41 Å². The van der Waals surface area contributed by atoms with Gasteiger partial charge < -0.3 is 9.64 Å². The van der Waals surface area contributed by atoms with Gasteiger partial charge in [-0.05, 0) is 115 Å². The summed E-state index contributed by atoms with van der Waals surface area (Å²) in [5, 5.41) is 4.85. The zero-order valence-electron chi connectivity index (χ0n) is 30.8. The minimum Gasteiger partial charge on any atom is -0.455 e. The fourth-order valence-electron chi connectivity index (χ4n) is 9.05. The summed E-state index contributed by atoms with van der Waals surface area (Å²) in [7, 11) is 0. The summed E-state index contributed by atoms with van der Waals surface area (Å²) in [6.07, 6.45) is 0. The number of hydrogen-bond acceptors (Lipinski definition) is 2. The van der Waals surface area contributed by atoms with E-state index in [4.69, 9.17) is 4.74 Å². The number of nitrogens with zero attached hydrogens (tertiary/aromatic N) is 1. The summed E-state index contributed by atoms with van der Waals surface area (Å²) >= 11 is 0. The van der Waals surface area contributed by atoms with E-state index in [0.717, 1.165) is 56.4 Å². The second-order valence-electron chi connectivity index (χ2n) is 15.3. The van der Waals surface area contributed by atoms with Crippen LogP contribution in [-0.4, -0.2) is 0 Å². The molecule has 0 radical (unpaired) electrons. The predicted molar refractivity (Wildman–Crippen MR) is 230 cm³/mol. The summed E-state index contributed by atoms with van der Waals surface area (Å²) in [5.74, 6) is 1.70. The van der Waals surface area contributed by atoms with Crippen molar-refractivity contribution >= 4 is 38.6 Å². The third kappa shape index (κ3) is 4.95. The molecule has 0 aromatic heterocycles. The van der Waals surface area contributed by atoms with Gasteiger partial charge in [0.25, 0.3) is 0 Å². The molecule has 0 fully saturated rings. The second kappa shape index (κ2) is 12.1. The normalized spacial score (nSPS) is 13.2. The van der Waals surface area contributed by atoms with Gasteiger partial charge in [-0.1, -0.05) is 141 Å². The molecule has 11 rings (SSSR count). The maximum atomic E-state index is 7.29. The van der Waals surface area contributed by atoms with Gasteiger partial charge in [-0.25, -0.2) is 0 Å². The highest BCUT2D eigenvalue weighted by atomic mass is 16.5. The molecular formula is C53H37NO. The van der Waals surface area contributed by atoms with Gasteiger partial charge in [-0.3, -0.25) is 0 Å². The Kier molecular flexibility index (Phi) is 6.93. The number of hydrogen-bond donors (Lipinski definition) is 0. The smallest absolute Gasteiger partial charge is 0.143 e. The molecule has 9 aromatic carbocycles. The average Bonchev–Trinajstić information content (AvgIpc) is 3.36. The second-order valence-corrected chi connectivity index (χ2v) is 15.3. The molecule has 2 aliphatic rings. The van der Waals surface area contributed by atoms with Crippen LogP contribution in [0, 0.1) is 0 Å². The van der Waals surface area contributed by atoms with Crippen molar-refractivity contribution in [3.8, 4) is 56.0 Å². The Morgan fingerprint density at radius 3 is 1.73 bits per heavy atom. The maximum Gasteiger partial charge on any atom is 0.143 e. The molecule has 1 heterocycles. The van der Waals surface area contributed by atoms with Gasteiger partial charge in [0, 0.05) is 45.2 Å². The van der Waals surface area contributed by atoms with Gasteiger partial charge >= 0.3 is 0 Å². The summed E-state index contributed by atoms with van der Waals surface area (Å²) in [4.78, 5) is 2.37. The first-order chi connectivity index (χ1) is 27.0. The van der Waals surface area contributed by atoms with E-state index in [1.165, 1.54) is 49.4 Å². The lowest BCUT2D eigenvalue weighted by atomic mass is 9.82. The van der Waals surface area contributed by atoms with Gasteiger partial charge in [0.15, 0.2) is 0 Å². The summed E-state index contributed by atoms with van der Waals surface area (Å²) < 4.78 is 7.29. The Morgan fingerprint density at radius 2 is 0.945 bits per heavy atom.